The number of carbonyl (C=O) groups excluding carboxylic acids is 1. The van der Waals surface area contributed by atoms with Gasteiger partial charge >= 0.3 is 0 Å². The molecule has 0 saturated heterocycles. The highest BCUT2D eigenvalue weighted by Gasteiger charge is 2.15. The van der Waals surface area contributed by atoms with Crippen LogP contribution in [0.4, 0.5) is 0 Å². The highest BCUT2D eigenvalue weighted by molar-refractivity contribution is 8.00. The molecule has 0 unspecified atom stereocenters. The summed E-state index contributed by atoms with van der Waals surface area (Å²) in [6, 6.07) is 9.81. The highest BCUT2D eigenvalue weighted by atomic mass is 32.2. The van der Waals surface area contributed by atoms with E-state index in [1.54, 1.807) is 0 Å². The maximum atomic E-state index is 11.9. The number of hydrogen-bond donors (Lipinski definition) is 3. The Labute approximate surface area is 130 Å². The van der Waals surface area contributed by atoms with Crippen molar-refractivity contribution in [1.29, 1.82) is 0 Å². The van der Waals surface area contributed by atoms with Gasteiger partial charge in [-0.15, -0.1) is 11.8 Å². The van der Waals surface area contributed by atoms with Gasteiger partial charge in [0.15, 0.2) is 5.11 Å². The summed E-state index contributed by atoms with van der Waals surface area (Å²) in [5.41, 5.74) is 5.18. The molecule has 0 bridgehead atoms. The standard InChI is InChI=1S/C14H21N3OS2/c1-10(20-11-8-6-5-7-9-11)12(18)16-17-13(19)15-14(2,3)4/h5-10H,1-4H3,(H,16,18)(H2,15,17,19)/t10-/m0/s1. The van der Waals surface area contributed by atoms with Crippen molar-refractivity contribution in [2.45, 2.75) is 43.4 Å². The van der Waals surface area contributed by atoms with Gasteiger partial charge in [-0.3, -0.25) is 15.6 Å². The molecule has 0 aliphatic heterocycles. The Hall–Kier alpha value is -1.27. The molecule has 0 aliphatic rings. The van der Waals surface area contributed by atoms with Crippen LogP contribution in [0.25, 0.3) is 0 Å². The van der Waals surface area contributed by atoms with E-state index in [1.807, 2.05) is 58.0 Å². The van der Waals surface area contributed by atoms with Crippen LogP contribution in [0.5, 0.6) is 0 Å². The molecule has 1 atom stereocenters. The number of thiocarbonyl (C=S) groups is 1. The van der Waals surface area contributed by atoms with Crippen LogP contribution in [0.1, 0.15) is 27.7 Å². The van der Waals surface area contributed by atoms with Crippen LogP contribution in [-0.2, 0) is 4.79 Å². The molecule has 1 rings (SSSR count). The van der Waals surface area contributed by atoms with Crippen molar-refractivity contribution in [2.24, 2.45) is 0 Å². The molecule has 0 heterocycles. The van der Waals surface area contributed by atoms with Crippen molar-refractivity contribution in [3.63, 3.8) is 0 Å². The van der Waals surface area contributed by atoms with Crippen LogP contribution >= 0.6 is 24.0 Å². The zero-order valence-corrected chi connectivity index (χ0v) is 13.8. The van der Waals surface area contributed by atoms with Crippen LogP contribution in [0.3, 0.4) is 0 Å². The third-order valence-electron chi connectivity index (χ3n) is 2.21. The van der Waals surface area contributed by atoms with Gasteiger partial charge < -0.3 is 5.32 Å². The van der Waals surface area contributed by atoms with E-state index in [9.17, 15) is 4.79 Å². The SMILES string of the molecule is C[C@H](Sc1ccccc1)C(=O)NNC(=S)NC(C)(C)C. The van der Waals surface area contributed by atoms with Crippen molar-refractivity contribution in [3.05, 3.63) is 30.3 Å². The van der Waals surface area contributed by atoms with Gasteiger partial charge in [-0.25, -0.2) is 0 Å². The first-order valence-electron chi connectivity index (χ1n) is 6.37. The molecule has 110 valence electrons. The lowest BCUT2D eigenvalue weighted by Gasteiger charge is -2.23. The van der Waals surface area contributed by atoms with Crippen LogP contribution in [-0.4, -0.2) is 21.8 Å². The number of hydrogen-bond acceptors (Lipinski definition) is 3. The Morgan fingerprint density at radius 2 is 1.80 bits per heavy atom. The summed E-state index contributed by atoms with van der Waals surface area (Å²) in [4.78, 5) is 13.0. The molecule has 0 fully saturated rings. The van der Waals surface area contributed by atoms with Crippen molar-refractivity contribution >= 4 is 35.0 Å². The van der Waals surface area contributed by atoms with Crippen LogP contribution in [0, 0.1) is 0 Å². The van der Waals surface area contributed by atoms with E-state index in [0.29, 0.717) is 5.11 Å². The van der Waals surface area contributed by atoms with Gasteiger partial charge in [0, 0.05) is 10.4 Å². The number of carbonyl (C=O) groups is 1. The number of benzene rings is 1. The molecule has 1 amide bonds. The average molecular weight is 311 g/mol. The Morgan fingerprint density at radius 1 is 1.20 bits per heavy atom. The Kier molecular flexibility index (Phi) is 6.29. The van der Waals surface area contributed by atoms with E-state index >= 15 is 0 Å². The third kappa shape index (κ3) is 6.77. The first-order chi connectivity index (χ1) is 9.28. The fraction of sp³-hybridized carbons (Fsp3) is 0.429. The van der Waals surface area contributed by atoms with Gasteiger partial charge in [0.1, 0.15) is 0 Å². The minimum absolute atomic E-state index is 0.114. The Morgan fingerprint density at radius 3 is 2.35 bits per heavy atom. The second-order valence-corrected chi connectivity index (χ2v) is 7.21. The van der Waals surface area contributed by atoms with Gasteiger partial charge in [-0.2, -0.15) is 0 Å². The summed E-state index contributed by atoms with van der Waals surface area (Å²) in [6.07, 6.45) is 0. The maximum Gasteiger partial charge on any atom is 0.251 e. The lowest BCUT2D eigenvalue weighted by molar-refractivity contribution is -0.120. The van der Waals surface area contributed by atoms with Crippen molar-refractivity contribution < 1.29 is 4.79 Å². The zero-order valence-electron chi connectivity index (χ0n) is 12.2. The molecule has 4 nitrogen and oxygen atoms in total. The molecule has 1 aromatic carbocycles. The van der Waals surface area contributed by atoms with E-state index in [0.717, 1.165) is 4.90 Å². The highest BCUT2D eigenvalue weighted by Crippen LogP contribution is 2.22. The number of amides is 1. The lowest BCUT2D eigenvalue weighted by Crippen LogP contribution is -2.53. The smallest absolute Gasteiger partial charge is 0.251 e. The fourth-order valence-corrected chi connectivity index (χ4v) is 2.59. The number of nitrogens with one attached hydrogen (secondary N) is 3. The number of hydrazine groups is 1. The van der Waals surface area contributed by atoms with Gasteiger partial charge in [-0.1, -0.05) is 18.2 Å². The molecule has 0 aliphatic carbocycles. The van der Waals surface area contributed by atoms with Crippen LogP contribution < -0.4 is 16.2 Å². The topological polar surface area (TPSA) is 53.2 Å². The van der Waals surface area contributed by atoms with Gasteiger partial charge in [0.25, 0.3) is 5.91 Å². The summed E-state index contributed by atoms with van der Waals surface area (Å²) in [6.45, 7) is 7.85. The number of rotatable bonds is 3. The van der Waals surface area contributed by atoms with Crippen LogP contribution in [0.2, 0.25) is 0 Å². The predicted octanol–water partition coefficient (Wildman–Crippen LogP) is 2.46. The quantitative estimate of drug-likeness (QED) is 0.455. The Bertz CT molecular complexity index is 457. The van der Waals surface area contributed by atoms with E-state index in [-0.39, 0.29) is 16.7 Å². The summed E-state index contributed by atoms with van der Waals surface area (Å²) in [5.74, 6) is -0.114. The van der Waals surface area contributed by atoms with E-state index < -0.39 is 0 Å². The van der Waals surface area contributed by atoms with Crippen LogP contribution in [0.15, 0.2) is 35.2 Å². The molecule has 0 aromatic heterocycles. The minimum atomic E-state index is -0.206. The van der Waals surface area contributed by atoms with Crippen molar-refractivity contribution in [1.82, 2.24) is 16.2 Å². The Balaban J connectivity index is 2.37. The van der Waals surface area contributed by atoms with Crippen molar-refractivity contribution in [2.75, 3.05) is 0 Å². The molecular weight excluding hydrogens is 290 g/mol. The lowest BCUT2D eigenvalue weighted by atomic mass is 10.1. The molecule has 0 radical (unpaired) electrons. The molecule has 1 aromatic rings. The fourth-order valence-electron chi connectivity index (χ4n) is 1.35. The average Bonchev–Trinajstić information content (AvgIpc) is 2.35. The summed E-state index contributed by atoms with van der Waals surface area (Å²) in [5, 5.41) is 3.26. The molecule has 0 spiro atoms. The molecular formula is C14H21N3OS2. The molecule has 3 N–H and O–H groups in total. The molecule has 6 heteroatoms. The van der Waals surface area contributed by atoms with Gasteiger partial charge in [0.05, 0.1) is 5.25 Å². The van der Waals surface area contributed by atoms with Gasteiger partial charge in [0.2, 0.25) is 0 Å². The molecule has 0 saturated carbocycles. The first kappa shape index (κ1) is 16.8. The number of thioether (sulfide) groups is 1. The molecule has 20 heavy (non-hydrogen) atoms. The largest absolute Gasteiger partial charge is 0.357 e. The summed E-state index contributed by atoms with van der Waals surface area (Å²) >= 11 is 6.59. The van der Waals surface area contributed by atoms with Gasteiger partial charge in [-0.05, 0) is 52.0 Å². The monoisotopic (exact) mass is 311 g/mol. The summed E-state index contributed by atoms with van der Waals surface area (Å²) < 4.78 is 0. The minimum Gasteiger partial charge on any atom is -0.357 e. The maximum absolute atomic E-state index is 11.9. The zero-order chi connectivity index (χ0) is 15.2. The van der Waals surface area contributed by atoms with E-state index in [4.69, 9.17) is 12.2 Å². The summed E-state index contributed by atoms with van der Waals surface area (Å²) in [7, 11) is 0. The van der Waals surface area contributed by atoms with Crippen molar-refractivity contribution in [3.8, 4) is 0 Å². The van der Waals surface area contributed by atoms with E-state index in [1.165, 1.54) is 11.8 Å². The third-order valence-corrected chi connectivity index (χ3v) is 3.53. The normalized spacial score (nSPS) is 12.4. The second kappa shape index (κ2) is 7.50. The van der Waals surface area contributed by atoms with E-state index in [2.05, 4.69) is 16.2 Å². The second-order valence-electron chi connectivity index (χ2n) is 5.39. The predicted molar refractivity (Wildman–Crippen MR) is 88.5 cm³/mol. The first-order valence-corrected chi connectivity index (χ1v) is 7.66.